The summed E-state index contributed by atoms with van der Waals surface area (Å²) in [6.45, 7) is 0.00743. The predicted octanol–water partition coefficient (Wildman–Crippen LogP) is 2.47. The summed E-state index contributed by atoms with van der Waals surface area (Å²) in [5.41, 5.74) is -1.40. The minimum Gasteiger partial charge on any atom is -0.480 e. The number of benzene rings is 1. The van der Waals surface area contributed by atoms with E-state index in [0.717, 1.165) is 16.4 Å². The second-order valence-electron chi connectivity index (χ2n) is 5.37. The van der Waals surface area contributed by atoms with Crippen molar-refractivity contribution < 1.29 is 31.5 Å². The van der Waals surface area contributed by atoms with E-state index in [0.29, 0.717) is 12.8 Å². The predicted molar refractivity (Wildman–Crippen MR) is 76.0 cm³/mol. The average Bonchev–Trinajstić information content (AvgIpc) is 2.46. The molecule has 9 heteroatoms. The van der Waals surface area contributed by atoms with Gasteiger partial charge in [0.2, 0.25) is 10.0 Å². The van der Waals surface area contributed by atoms with Gasteiger partial charge in [-0.05, 0) is 30.9 Å². The van der Waals surface area contributed by atoms with Crippen LogP contribution in [0.1, 0.15) is 30.4 Å². The highest BCUT2D eigenvalue weighted by atomic mass is 32.2. The number of carbonyl (C=O) groups is 1. The zero-order valence-electron chi connectivity index (χ0n) is 12.1. The minimum absolute atomic E-state index is 0.00743. The molecule has 1 fully saturated rings. The SMILES string of the molecule is O=C(O)C1CCCCN1S(=O)(=O)Cc1ccccc1C(F)(F)F. The number of rotatable bonds is 4. The largest absolute Gasteiger partial charge is 0.480 e. The van der Waals surface area contributed by atoms with Gasteiger partial charge in [-0.2, -0.15) is 17.5 Å². The molecule has 0 saturated carbocycles. The van der Waals surface area contributed by atoms with Gasteiger partial charge in [-0.15, -0.1) is 0 Å². The summed E-state index contributed by atoms with van der Waals surface area (Å²) < 4.78 is 64.6. The van der Waals surface area contributed by atoms with Crippen LogP contribution in [0.3, 0.4) is 0 Å². The maximum absolute atomic E-state index is 13.0. The highest BCUT2D eigenvalue weighted by molar-refractivity contribution is 7.88. The van der Waals surface area contributed by atoms with E-state index in [4.69, 9.17) is 5.11 Å². The molecule has 1 heterocycles. The summed E-state index contributed by atoms with van der Waals surface area (Å²) >= 11 is 0. The monoisotopic (exact) mass is 351 g/mol. The van der Waals surface area contributed by atoms with Gasteiger partial charge >= 0.3 is 12.1 Å². The van der Waals surface area contributed by atoms with Crippen LogP contribution >= 0.6 is 0 Å². The minimum atomic E-state index is -4.67. The van der Waals surface area contributed by atoms with Gasteiger partial charge in [-0.1, -0.05) is 18.2 Å². The molecule has 1 aromatic carbocycles. The zero-order chi connectivity index (χ0) is 17.3. The maximum atomic E-state index is 13.0. The molecule has 1 N–H and O–H groups in total. The van der Waals surface area contributed by atoms with Crippen LogP contribution in [0.4, 0.5) is 13.2 Å². The molecule has 1 atom stereocenters. The van der Waals surface area contributed by atoms with Gasteiger partial charge in [0, 0.05) is 6.54 Å². The summed E-state index contributed by atoms with van der Waals surface area (Å²) in [6, 6.07) is 3.20. The highest BCUT2D eigenvalue weighted by Gasteiger charge is 2.39. The fraction of sp³-hybridized carbons (Fsp3) is 0.500. The Morgan fingerprint density at radius 2 is 1.91 bits per heavy atom. The zero-order valence-corrected chi connectivity index (χ0v) is 12.9. The van der Waals surface area contributed by atoms with Crippen molar-refractivity contribution in [1.29, 1.82) is 0 Å². The van der Waals surface area contributed by atoms with Gasteiger partial charge in [0.25, 0.3) is 0 Å². The normalized spacial score (nSPS) is 20.4. The summed E-state index contributed by atoms with van der Waals surface area (Å²) in [5.74, 6) is -2.15. The van der Waals surface area contributed by atoms with E-state index >= 15 is 0 Å². The quantitative estimate of drug-likeness (QED) is 0.904. The number of hydrogen-bond acceptors (Lipinski definition) is 3. The highest BCUT2D eigenvalue weighted by Crippen LogP contribution is 2.33. The van der Waals surface area contributed by atoms with Crippen molar-refractivity contribution in [2.45, 2.75) is 37.2 Å². The first kappa shape index (κ1) is 17.7. The maximum Gasteiger partial charge on any atom is 0.416 e. The topological polar surface area (TPSA) is 74.7 Å². The third-order valence-corrected chi connectivity index (χ3v) is 5.58. The van der Waals surface area contributed by atoms with E-state index < -0.39 is 39.5 Å². The second kappa shape index (κ2) is 6.48. The summed E-state index contributed by atoms with van der Waals surface area (Å²) in [6.07, 6.45) is -3.44. The van der Waals surface area contributed by atoms with Crippen molar-refractivity contribution in [2.24, 2.45) is 0 Å². The number of carboxylic acid groups (broad SMARTS) is 1. The lowest BCUT2D eigenvalue weighted by Crippen LogP contribution is -2.48. The molecule has 0 spiro atoms. The van der Waals surface area contributed by atoms with Crippen LogP contribution in [0.5, 0.6) is 0 Å². The van der Waals surface area contributed by atoms with Gasteiger partial charge in [0.15, 0.2) is 0 Å². The number of nitrogens with zero attached hydrogens (tertiary/aromatic N) is 1. The van der Waals surface area contributed by atoms with Crippen LogP contribution in [-0.2, 0) is 26.7 Å². The molecule has 1 aliphatic rings. The lowest BCUT2D eigenvalue weighted by molar-refractivity contribution is -0.142. The Morgan fingerprint density at radius 1 is 1.26 bits per heavy atom. The molecule has 2 rings (SSSR count). The first-order valence-corrected chi connectivity index (χ1v) is 8.61. The fourth-order valence-corrected chi connectivity index (χ4v) is 4.49. The second-order valence-corrected chi connectivity index (χ2v) is 7.29. The molecule has 0 aromatic heterocycles. The average molecular weight is 351 g/mol. The first-order valence-electron chi connectivity index (χ1n) is 7.00. The van der Waals surface area contributed by atoms with E-state index in [1.54, 1.807) is 0 Å². The molecular formula is C14H16F3NO4S. The summed E-state index contributed by atoms with van der Waals surface area (Å²) in [4.78, 5) is 11.2. The fourth-order valence-electron chi connectivity index (χ4n) is 2.69. The molecule has 23 heavy (non-hydrogen) atoms. The van der Waals surface area contributed by atoms with E-state index in [1.807, 2.05) is 0 Å². The molecular weight excluding hydrogens is 335 g/mol. The van der Waals surface area contributed by atoms with Gasteiger partial charge in [0.05, 0.1) is 11.3 Å². The number of piperidine rings is 1. The number of hydrogen-bond donors (Lipinski definition) is 1. The molecule has 0 aliphatic carbocycles. The molecule has 1 saturated heterocycles. The molecule has 5 nitrogen and oxygen atoms in total. The van der Waals surface area contributed by atoms with Gasteiger partial charge in [0.1, 0.15) is 6.04 Å². The Hall–Kier alpha value is -1.61. The lowest BCUT2D eigenvalue weighted by atomic mass is 10.1. The Morgan fingerprint density at radius 3 is 2.52 bits per heavy atom. The Labute approximate surface area is 131 Å². The van der Waals surface area contributed by atoms with E-state index in [2.05, 4.69) is 0 Å². The van der Waals surface area contributed by atoms with Crippen molar-refractivity contribution in [2.75, 3.05) is 6.54 Å². The van der Waals surface area contributed by atoms with Crippen LogP contribution in [-0.4, -0.2) is 36.4 Å². The van der Waals surface area contributed by atoms with E-state index in [-0.39, 0.29) is 18.5 Å². The van der Waals surface area contributed by atoms with E-state index in [1.165, 1.54) is 12.1 Å². The molecule has 128 valence electrons. The number of aliphatic carboxylic acids is 1. The number of halogens is 3. The Bertz CT molecular complexity index is 688. The standard InChI is InChI=1S/C14H16F3NO4S/c15-14(16,17)11-6-2-1-5-10(11)9-23(21,22)18-8-4-3-7-12(18)13(19)20/h1-2,5-6,12H,3-4,7-9H2,(H,19,20). The molecule has 1 aromatic rings. The van der Waals surface area contributed by atoms with Gasteiger partial charge in [-0.25, -0.2) is 8.42 Å². The Balaban J connectivity index is 2.33. The number of carboxylic acids is 1. The Kier molecular flexibility index (Phi) is 5.00. The summed E-state index contributed by atoms with van der Waals surface area (Å²) in [5, 5.41) is 9.14. The van der Waals surface area contributed by atoms with Crippen molar-refractivity contribution >= 4 is 16.0 Å². The van der Waals surface area contributed by atoms with Crippen LogP contribution in [0.15, 0.2) is 24.3 Å². The van der Waals surface area contributed by atoms with Crippen molar-refractivity contribution in [3.05, 3.63) is 35.4 Å². The lowest BCUT2D eigenvalue weighted by Gasteiger charge is -2.32. The number of alkyl halides is 3. The van der Waals surface area contributed by atoms with Crippen LogP contribution < -0.4 is 0 Å². The number of sulfonamides is 1. The van der Waals surface area contributed by atoms with Gasteiger partial charge in [-0.3, -0.25) is 4.79 Å². The molecule has 1 aliphatic heterocycles. The molecule has 0 bridgehead atoms. The molecule has 0 radical (unpaired) electrons. The van der Waals surface area contributed by atoms with Crippen molar-refractivity contribution in [1.82, 2.24) is 4.31 Å². The molecule has 1 unspecified atom stereocenters. The van der Waals surface area contributed by atoms with Crippen molar-refractivity contribution in [3.63, 3.8) is 0 Å². The first-order chi connectivity index (χ1) is 10.6. The third kappa shape index (κ3) is 4.03. The van der Waals surface area contributed by atoms with E-state index in [9.17, 15) is 26.4 Å². The van der Waals surface area contributed by atoms with Gasteiger partial charge < -0.3 is 5.11 Å². The third-order valence-electron chi connectivity index (χ3n) is 3.76. The van der Waals surface area contributed by atoms with Crippen LogP contribution in [0.25, 0.3) is 0 Å². The van der Waals surface area contributed by atoms with Crippen molar-refractivity contribution in [3.8, 4) is 0 Å². The molecule has 0 amide bonds. The van der Waals surface area contributed by atoms with Crippen LogP contribution in [0, 0.1) is 0 Å². The van der Waals surface area contributed by atoms with Crippen LogP contribution in [0.2, 0.25) is 0 Å². The smallest absolute Gasteiger partial charge is 0.416 e. The summed E-state index contributed by atoms with van der Waals surface area (Å²) in [7, 11) is -4.16.